The highest BCUT2D eigenvalue weighted by Gasteiger charge is 2.20. The molecule has 0 unspecified atom stereocenters. The van der Waals surface area contributed by atoms with Gasteiger partial charge in [-0.05, 0) is 31.0 Å². The van der Waals surface area contributed by atoms with Crippen molar-refractivity contribution in [2.45, 2.75) is 18.7 Å². The van der Waals surface area contributed by atoms with Crippen LogP contribution in [0.5, 0.6) is 0 Å². The maximum absolute atomic E-state index is 12.4. The minimum atomic E-state index is -3.79. The Hall–Kier alpha value is -1.37. The molecule has 0 spiro atoms. The normalized spacial score (nSPS) is 11.4. The number of hydrogen-bond acceptors (Lipinski definition) is 4. The molecular weight excluding hydrogens is 321 g/mol. The van der Waals surface area contributed by atoms with Crippen LogP contribution in [0.1, 0.15) is 11.1 Å². The summed E-state index contributed by atoms with van der Waals surface area (Å²) in [7, 11) is -3.79. The van der Waals surface area contributed by atoms with Gasteiger partial charge in [-0.15, -0.1) is 0 Å². The van der Waals surface area contributed by atoms with Crippen LogP contribution in [0, 0.1) is 13.8 Å². The van der Waals surface area contributed by atoms with Crippen molar-refractivity contribution < 1.29 is 8.42 Å². The minimum Gasteiger partial charge on any atom is -0.262 e. The van der Waals surface area contributed by atoms with Crippen molar-refractivity contribution in [1.82, 2.24) is 9.97 Å². The maximum Gasteiger partial charge on any atom is 0.263 e. The fraction of sp³-hybridized carbons (Fsp3) is 0.167. The van der Waals surface area contributed by atoms with Gasteiger partial charge in [-0.25, -0.2) is 18.4 Å². The van der Waals surface area contributed by atoms with Crippen molar-refractivity contribution >= 4 is 39.0 Å². The van der Waals surface area contributed by atoms with Gasteiger partial charge in [0, 0.05) is 0 Å². The van der Waals surface area contributed by atoms with Gasteiger partial charge in [0.05, 0.1) is 4.90 Å². The van der Waals surface area contributed by atoms with E-state index in [4.69, 9.17) is 23.2 Å². The van der Waals surface area contributed by atoms with Crippen molar-refractivity contribution in [3.05, 3.63) is 45.8 Å². The van der Waals surface area contributed by atoms with Crippen LogP contribution >= 0.6 is 23.2 Å². The van der Waals surface area contributed by atoms with Crippen LogP contribution in [-0.2, 0) is 10.0 Å². The van der Waals surface area contributed by atoms with Gasteiger partial charge < -0.3 is 0 Å². The largest absolute Gasteiger partial charge is 0.263 e. The second-order valence-electron chi connectivity index (χ2n) is 4.20. The summed E-state index contributed by atoms with van der Waals surface area (Å²) >= 11 is 11.6. The van der Waals surface area contributed by atoms with Crippen LogP contribution in [-0.4, -0.2) is 18.4 Å². The van der Waals surface area contributed by atoms with E-state index in [2.05, 4.69) is 14.7 Å². The zero-order valence-electron chi connectivity index (χ0n) is 10.7. The summed E-state index contributed by atoms with van der Waals surface area (Å²) in [5.41, 5.74) is 1.46. The number of sulfonamides is 1. The molecule has 1 aromatic heterocycles. The van der Waals surface area contributed by atoms with E-state index in [9.17, 15) is 8.42 Å². The van der Waals surface area contributed by atoms with Gasteiger partial charge in [0.1, 0.15) is 11.3 Å². The molecule has 1 N–H and O–H groups in total. The van der Waals surface area contributed by atoms with E-state index < -0.39 is 10.0 Å². The lowest BCUT2D eigenvalue weighted by atomic mass is 10.2. The fourth-order valence-electron chi connectivity index (χ4n) is 1.60. The molecule has 5 nitrogen and oxygen atoms in total. The molecule has 0 saturated carbocycles. The molecule has 0 bridgehead atoms. The Morgan fingerprint density at radius 3 is 2.55 bits per heavy atom. The van der Waals surface area contributed by atoms with Crippen molar-refractivity contribution in [3.63, 3.8) is 0 Å². The fourth-order valence-corrected chi connectivity index (χ4v) is 3.28. The first-order chi connectivity index (χ1) is 9.31. The summed E-state index contributed by atoms with van der Waals surface area (Å²) in [4.78, 5) is 7.62. The highest BCUT2D eigenvalue weighted by molar-refractivity contribution is 7.92. The van der Waals surface area contributed by atoms with Crippen molar-refractivity contribution in [2.24, 2.45) is 0 Å². The summed E-state index contributed by atoms with van der Waals surface area (Å²) in [6, 6.07) is 5.15. The van der Waals surface area contributed by atoms with Gasteiger partial charge in [-0.1, -0.05) is 35.3 Å². The Balaban J connectivity index is 2.46. The number of benzene rings is 1. The van der Waals surface area contributed by atoms with E-state index >= 15 is 0 Å². The lowest BCUT2D eigenvalue weighted by Gasteiger charge is -2.11. The molecule has 0 saturated heterocycles. The molecular formula is C12H11Cl2N3O2S. The van der Waals surface area contributed by atoms with E-state index in [-0.39, 0.29) is 20.9 Å². The van der Waals surface area contributed by atoms with Gasteiger partial charge in [-0.2, -0.15) is 0 Å². The molecule has 0 aliphatic heterocycles. The number of aromatic nitrogens is 2. The predicted molar refractivity (Wildman–Crippen MR) is 78.8 cm³/mol. The molecule has 0 aliphatic rings. The lowest BCUT2D eigenvalue weighted by molar-refractivity contribution is 0.600. The molecule has 0 fully saturated rings. The number of anilines is 1. The van der Waals surface area contributed by atoms with Gasteiger partial charge >= 0.3 is 0 Å². The molecule has 8 heteroatoms. The van der Waals surface area contributed by atoms with E-state index in [0.29, 0.717) is 5.56 Å². The molecule has 1 heterocycles. The monoisotopic (exact) mass is 331 g/mol. The van der Waals surface area contributed by atoms with Crippen molar-refractivity contribution in [2.75, 3.05) is 4.72 Å². The van der Waals surface area contributed by atoms with Gasteiger partial charge in [0.25, 0.3) is 10.0 Å². The highest BCUT2D eigenvalue weighted by Crippen LogP contribution is 2.28. The average Bonchev–Trinajstić information content (AvgIpc) is 2.37. The SMILES string of the molecule is Cc1ccc(C)c(S(=O)(=O)Nc2ncnc(Cl)c2Cl)c1. The number of nitrogens with one attached hydrogen (secondary N) is 1. The molecule has 20 heavy (non-hydrogen) atoms. The van der Waals surface area contributed by atoms with E-state index in [0.717, 1.165) is 11.9 Å². The zero-order valence-corrected chi connectivity index (χ0v) is 13.0. The number of nitrogens with zero attached hydrogens (tertiary/aromatic N) is 2. The van der Waals surface area contributed by atoms with Crippen LogP contribution in [0.25, 0.3) is 0 Å². The Morgan fingerprint density at radius 2 is 1.85 bits per heavy atom. The second kappa shape index (κ2) is 5.55. The number of rotatable bonds is 3. The average molecular weight is 332 g/mol. The molecule has 2 aromatic rings. The molecule has 0 aliphatic carbocycles. The first-order valence-electron chi connectivity index (χ1n) is 5.57. The lowest BCUT2D eigenvalue weighted by Crippen LogP contribution is -2.16. The van der Waals surface area contributed by atoms with Crippen LogP contribution in [0.4, 0.5) is 5.82 Å². The molecule has 106 valence electrons. The van der Waals surface area contributed by atoms with Gasteiger partial charge in [0.15, 0.2) is 11.0 Å². The van der Waals surface area contributed by atoms with Crippen LogP contribution < -0.4 is 4.72 Å². The molecule has 1 aromatic carbocycles. The Morgan fingerprint density at radius 1 is 1.15 bits per heavy atom. The Kier molecular flexibility index (Phi) is 4.17. The van der Waals surface area contributed by atoms with Crippen LogP contribution in [0.15, 0.2) is 29.4 Å². The van der Waals surface area contributed by atoms with E-state index in [1.54, 1.807) is 19.1 Å². The molecule has 0 radical (unpaired) electrons. The number of aryl methyl sites for hydroxylation is 2. The van der Waals surface area contributed by atoms with Gasteiger partial charge in [-0.3, -0.25) is 4.72 Å². The Bertz CT molecular complexity index is 763. The highest BCUT2D eigenvalue weighted by atomic mass is 35.5. The van der Waals surface area contributed by atoms with Gasteiger partial charge in [0.2, 0.25) is 0 Å². The summed E-state index contributed by atoms with van der Waals surface area (Å²) in [6.07, 6.45) is 1.13. The van der Waals surface area contributed by atoms with E-state index in [1.807, 2.05) is 13.0 Å². The minimum absolute atomic E-state index is 0.0136. The standard InChI is InChI=1S/C12H11Cl2N3O2S/c1-7-3-4-8(2)9(5-7)20(18,19)17-12-10(13)11(14)15-6-16-12/h3-6H,1-2H3,(H,15,16,17). The molecule has 2 rings (SSSR count). The first kappa shape index (κ1) is 15.0. The Labute approximate surface area is 127 Å². The molecule has 0 amide bonds. The molecule has 0 atom stereocenters. The van der Waals surface area contributed by atoms with Crippen molar-refractivity contribution in [1.29, 1.82) is 0 Å². The number of hydrogen-bond donors (Lipinski definition) is 1. The topological polar surface area (TPSA) is 72.0 Å². The number of halogens is 2. The summed E-state index contributed by atoms with van der Waals surface area (Å²) in [5.74, 6) is -0.0485. The summed E-state index contributed by atoms with van der Waals surface area (Å²) in [5, 5.41) is -0.0524. The smallest absolute Gasteiger partial charge is 0.262 e. The van der Waals surface area contributed by atoms with Crippen LogP contribution in [0.2, 0.25) is 10.2 Å². The summed E-state index contributed by atoms with van der Waals surface area (Å²) in [6.45, 7) is 3.52. The third-order valence-electron chi connectivity index (χ3n) is 2.61. The quantitative estimate of drug-likeness (QED) is 0.876. The van der Waals surface area contributed by atoms with E-state index in [1.165, 1.54) is 0 Å². The van der Waals surface area contributed by atoms with Crippen molar-refractivity contribution in [3.8, 4) is 0 Å². The first-order valence-corrected chi connectivity index (χ1v) is 7.81. The third kappa shape index (κ3) is 3.03. The second-order valence-corrected chi connectivity index (χ2v) is 6.59. The van der Waals surface area contributed by atoms with Crippen LogP contribution in [0.3, 0.4) is 0 Å². The summed E-state index contributed by atoms with van der Waals surface area (Å²) < 4.78 is 27.0. The third-order valence-corrected chi connectivity index (χ3v) is 4.83. The zero-order chi connectivity index (χ0) is 14.9. The maximum atomic E-state index is 12.4. The predicted octanol–water partition coefficient (Wildman–Crippen LogP) is 3.20.